The molecular weight excluding hydrogens is 236 g/mol. The Balaban J connectivity index is 2.05. The highest BCUT2D eigenvalue weighted by Gasteiger charge is 2.47. The van der Waals surface area contributed by atoms with Gasteiger partial charge in [-0.2, -0.15) is 0 Å². The lowest BCUT2D eigenvalue weighted by Gasteiger charge is -2.36. The molecule has 2 aliphatic rings. The average molecular weight is 256 g/mol. The Bertz CT molecular complexity index is 332. The summed E-state index contributed by atoms with van der Waals surface area (Å²) in [5.74, 6) is -1.62. The molecule has 1 saturated carbocycles. The molecule has 1 aliphatic heterocycles. The molecule has 2 fully saturated rings. The summed E-state index contributed by atoms with van der Waals surface area (Å²) in [4.78, 5) is 23.7. The number of Topliss-reactive ketones (excluding diaryl/α,β-unsaturated/α-hetero) is 1. The molecular formula is C13H20O5. The summed E-state index contributed by atoms with van der Waals surface area (Å²) in [7, 11) is 0. The van der Waals surface area contributed by atoms with Crippen LogP contribution in [0.4, 0.5) is 0 Å². The van der Waals surface area contributed by atoms with Crippen LogP contribution in [0.2, 0.25) is 0 Å². The number of carbonyl (C=O) groups is 2. The van der Waals surface area contributed by atoms with Gasteiger partial charge >= 0.3 is 5.97 Å². The van der Waals surface area contributed by atoms with E-state index >= 15 is 0 Å². The molecule has 0 bridgehead atoms. The van der Waals surface area contributed by atoms with Gasteiger partial charge in [0.15, 0.2) is 5.79 Å². The fourth-order valence-corrected chi connectivity index (χ4v) is 2.70. The van der Waals surface area contributed by atoms with Crippen molar-refractivity contribution < 1.29 is 23.8 Å². The normalized spacial score (nSPS) is 28.3. The van der Waals surface area contributed by atoms with Gasteiger partial charge in [0.1, 0.15) is 5.78 Å². The Labute approximate surface area is 107 Å². The van der Waals surface area contributed by atoms with Crippen molar-refractivity contribution in [1.29, 1.82) is 0 Å². The molecule has 1 heterocycles. The van der Waals surface area contributed by atoms with E-state index in [1.807, 2.05) is 0 Å². The van der Waals surface area contributed by atoms with Crippen molar-refractivity contribution in [3.63, 3.8) is 0 Å². The fourth-order valence-electron chi connectivity index (χ4n) is 2.70. The van der Waals surface area contributed by atoms with Gasteiger partial charge in [-0.3, -0.25) is 9.59 Å². The smallest absolute Gasteiger partial charge is 0.309 e. The summed E-state index contributed by atoms with van der Waals surface area (Å²) in [6.45, 7) is 4.97. The van der Waals surface area contributed by atoms with Crippen molar-refractivity contribution in [3.8, 4) is 0 Å². The molecule has 0 radical (unpaired) electrons. The quantitative estimate of drug-likeness (QED) is 0.712. The maximum absolute atomic E-state index is 12.0. The van der Waals surface area contributed by atoms with E-state index in [1.165, 1.54) is 0 Å². The highest BCUT2D eigenvalue weighted by atomic mass is 16.7. The van der Waals surface area contributed by atoms with Crippen LogP contribution >= 0.6 is 0 Å². The lowest BCUT2D eigenvalue weighted by Crippen LogP contribution is -2.44. The van der Waals surface area contributed by atoms with Crippen molar-refractivity contribution in [2.45, 2.75) is 38.9 Å². The molecule has 0 aromatic heterocycles. The largest absolute Gasteiger partial charge is 0.466 e. The van der Waals surface area contributed by atoms with Gasteiger partial charge in [-0.25, -0.2) is 0 Å². The number of carbonyl (C=O) groups excluding carboxylic acids is 2. The molecule has 18 heavy (non-hydrogen) atoms. The van der Waals surface area contributed by atoms with Gasteiger partial charge in [0.25, 0.3) is 0 Å². The molecule has 0 amide bonds. The summed E-state index contributed by atoms with van der Waals surface area (Å²) in [5, 5.41) is 0. The van der Waals surface area contributed by atoms with Crippen LogP contribution < -0.4 is 0 Å². The Kier molecular flexibility index (Phi) is 4.02. The third kappa shape index (κ3) is 2.57. The van der Waals surface area contributed by atoms with E-state index in [0.717, 1.165) is 0 Å². The van der Waals surface area contributed by atoms with E-state index in [0.29, 0.717) is 39.1 Å². The predicted molar refractivity (Wildman–Crippen MR) is 62.8 cm³/mol. The predicted octanol–water partition coefficient (Wildman–Crippen LogP) is 1.30. The maximum Gasteiger partial charge on any atom is 0.309 e. The first-order valence-corrected chi connectivity index (χ1v) is 6.55. The van der Waals surface area contributed by atoms with Crippen molar-refractivity contribution in [1.82, 2.24) is 0 Å². The Morgan fingerprint density at radius 3 is 2.78 bits per heavy atom. The molecule has 0 aromatic carbocycles. The lowest BCUT2D eigenvalue weighted by molar-refractivity contribution is -0.194. The molecule has 102 valence electrons. The summed E-state index contributed by atoms with van der Waals surface area (Å²) in [6.07, 6.45) is 1.47. The number of hydrogen-bond acceptors (Lipinski definition) is 5. The second-order valence-corrected chi connectivity index (χ2v) is 4.93. The zero-order chi connectivity index (χ0) is 13.2. The highest BCUT2D eigenvalue weighted by Crippen LogP contribution is 2.40. The first-order chi connectivity index (χ1) is 8.58. The van der Waals surface area contributed by atoms with Crippen LogP contribution in [-0.4, -0.2) is 37.4 Å². The van der Waals surface area contributed by atoms with Crippen molar-refractivity contribution in [2.75, 3.05) is 19.8 Å². The number of ketones is 1. The Hall–Kier alpha value is -0.940. The highest BCUT2D eigenvalue weighted by molar-refractivity contribution is 5.87. The third-order valence-electron chi connectivity index (χ3n) is 3.77. The maximum atomic E-state index is 12.0. The van der Waals surface area contributed by atoms with Gasteiger partial charge in [0.05, 0.1) is 25.7 Å². The van der Waals surface area contributed by atoms with E-state index < -0.39 is 11.7 Å². The summed E-state index contributed by atoms with van der Waals surface area (Å²) >= 11 is 0. The molecule has 1 unspecified atom stereocenters. The zero-order valence-electron chi connectivity index (χ0n) is 10.9. The van der Waals surface area contributed by atoms with E-state index in [2.05, 4.69) is 0 Å². The first kappa shape index (κ1) is 13.5. The molecule has 0 aromatic rings. The van der Waals surface area contributed by atoms with Crippen LogP contribution in [0.3, 0.4) is 0 Å². The minimum absolute atomic E-state index is 0.111. The van der Waals surface area contributed by atoms with E-state index in [4.69, 9.17) is 14.2 Å². The van der Waals surface area contributed by atoms with Crippen molar-refractivity contribution in [3.05, 3.63) is 0 Å². The summed E-state index contributed by atoms with van der Waals surface area (Å²) in [5.41, 5.74) is 0. The number of rotatable bonds is 3. The average Bonchev–Trinajstić information content (AvgIpc) is 2.81. The van der Waals surface area contributed by atoms with Gasteiger partial charge in [-0.15, -0.1) is 0 Å². The van der Waals surface area contributed by atoms with Crippen LogP contribution in [0.5, 0.6) is 0 Å². The second kappa shape index (κ2) is 5.36. The Morgan fingerprint density at radius 2 is 2.17 bits per heavy atom. The topological polar surface area (TPSA) is 61.8 Å². The van der Waals surface area contributed by atoms with E-state index in [1.54, 1.807) is 13.8 Å². The first-order valence-electron chi connectivity index (χ1n) is 6.55. The van der Waals surface area contributed by atoms with Gasteiger partial charge in [-0.05, 0) is 6.92 Å². The van der Waals surface area contributed by atoms with Crippen molar-refractivity contribution >= 4 is 11.8 Å². The minimum Gasteiger partial charge on any atom is -0.466 e. The molecule has 1 saturated heterocycles. The minimum atomic E-state index is -0.640. The lowest BCUT2D eigenvalue weighted by atomic mass is 9.77. The zero-order valence-corrected chi connectivity index (χ0v) is 10.9. The van der Waals surface area contributed by atoms with E-state index in [-0.39, 0.29) is 17.7 Å². The number of ether oxygens (including phenoxy) is 3. The monoisotopic (exact) mass is 256 g/mol. The van der Waals surface area contributed by atoms with Crippen LogP contribution in [0.25, 0.3) is 0 Å². The van der Waals surface area contributed by atoms with Gasteiger partial charge in [-0.1, -0.05) is 6.92 Å². The molecule has 5 heteroatoms. The fraction of sp³-hybridized carbons (Fsp3) is 0.846. The number of hydrogen-bond donors (Lipinski definition) is 0. The SMILES string of the molecule is CCOC(=O)C(C)[C@@H]1CC2(CCC1=O)OCCO2. The van der Waals surface area contributed by atoms with Gasteiger partial charge < -0.3 is 14.2 Å². The third-order valence-corrected chi connectivity index (χ3v) is 3.77. The van der Waals surface area contributed by atoms with Crippen LogP contribution in [0, 0.1) is 11.8 Å². The van der Waals surface area contributed by atoms with Crippen LogP contribution in [-0.2, 0) is 23.8 Å². The van der Waals surface area contributed by atoms with E-state index in [9.17, 15) is 9.59 Å². The molecule has 2 rings (SSSR count). The van der Waals surface area contributed by atoms with Gasteiger partial charge in [0.2, 0.25) is 0 Å². The van der Waals surface area contributed by atoms with Crippen molar-refractivity contribution in [2.24, 2.45) is 11.8 Å². The molecule has 2 atom stereocenters. The Morgan fingerprint density at radius 1 is 1.50 bits per heavy atom. The molecule has 1 aliphatic carbocycles. The summed E-state index contributed by atoms with van der Waals surface area (Å²) < 4.78 is 16.2. The van der Waals surface area contributed by atoms with Crippen LogP contribution in [0.1, 0.15) is 33.1 Å². The number of esters is 1. The summed E-state index contributed by atoms with van der Waals surface area (Å²) in [6, 6.07) is 0. The molecule has 0 N–H and O–H groups in total. The molecule has 1 spiro atoms. The second-order valence-electron chi connectivity index (χ2n) is 4.93. The molecule has 5 nitrogen and oxygen atoms in total. The standard InChI is InChI=1S/C13H20O5/c1-3-16-12(15)9(2)10-8-13(5-4-11(10)14)17-6-7-18-13/h9-10H,3-8H2,1-2H3/t9?,10-/m0/s1. The van der Waals surface area contributed by atoms with Crippen LogP contribution in [0.15, 0.2) is 0 Å². The van der Waals surface area contributed by atoms with Gasteiger partial charge in [0, 0.05) is 25.2 Å².